The highest BCUT2D eigenvalue weighted by Gasteiger charge is 2.35. The van der Waals surface area contributed by atoms with Crippen LogP contribution in [0.3, 0.4) is 0 Å². The van der Waals surface area contributed by atoms with Crippen LogP contribution in [0.25, 0.3) is 11.0 Å². The summed E-state index contributed by atoms with van der Waals surface area (Å²) in [6.07, 6.45) is 3.77. The normalized spacial score (nSPS) is 29.2. The first-order valence-electron chi connectivity index (χ1n) is 6.98. The van der Waals surface area contributed by atoms with Gasteiger partial charge in [0.2, 0.25) is 0 Å². The van der Waals surface area contributed by atoms with Gasteiger partial charge in [0.25, 0.3) is 0 Å². The fourth-order valence-corrected chi connectivity index (χ4v) is 3.74. The molecule has 0 amide bonds. The molecule has 106 valence electrons. The summed E-state index contributed by atoms with van der Waals surface area (Å²) < 4.78 is 28.9. The molecule has 0 saturated carbocycles. The van der Waals surface area contributed by atoms with Crippen molar-refractivity contribution in [3.63, 3.8) is 0 Å². The fourth-order valence-electron chi connectivity index (χ4n) is 3.74. The molecule has 2 N–H and O–H groups in total. The minimum Gasteiger partial charge on any atom is -0.311 e. The Morgan fingerprint density at radius 3 is 2.55 bits per heavy atom. The monoisotopic (exact) mass is 279 g/mol. The van der Waals surface area contributed by atoms with E-state index in [2.05, 4.69) is 10.3 Å². The van der Waals surface area contributed by atoms with Gasteiger partial charge in [-0.3, -0.25) is 4.57 Å². The minimum atomic E-state index is -0.938. The first-order valence-corrected chi connectivity index (χ1v) is 6.98. The maximum absolute atomic E-state index is 14.1. The molecule has 2 fully saturated rings. The Labute approximate surface area is 113 Å². The van der Waals surface area contributed by atoms with E-state index in [0.29, 0.717) is 17.6 Å². The molecule has 6 heteroatoms. The lowest BCUT2D eigenvalue weighted by atomic mass is 9.99. The lowest BCUT2D eigenvalue weighted by Crippen LogP contribution is -2.40. The Balaban J connectivity index is 1.89. The van der Waals surface area contributed by atoms with Crippen LogP contribution in [0.15, 0.2) is 16.9 Å². The number of rotatable bonds is 1. The van der Waals surface area contributed by atoms with Crippen LogP contribution in [0.1, 0.15) is 31.7 Å². The molecule has 1 aromatic carbocycles. The Bertz CT molecular complexity index is 724. The highest BCUT2D eigenvalue weighted by molar-refractivity contribution is 5.76. The SMILES string of the molecule is O=c1[nH]c2ccc(F)c(F)c2n1C1CC2CCC(C1)N2. The summed E-state index contributed by atoms with van der Waals surface area (Å²) in [5, 5.41) is 3.48. The second kappa shape index (κ2) is 4.15. The molecule has 3 heterocycles. The average molecular weight is 279 g/mol. The van der Waals surface area contributed by atoms with Gasteiger partial charge in [0.15, 0.2) is 11.6 Å². The van der Waals surface area contributed by atoms with Crippen molar-refractivity contribution < 1.29 is 8.78 Å². The van der Waals surface area contributed by atoms with E-state index in [4.69, 9.17) is 0 Å². The van der Waals surface area contributed by atoms with E-state index in [9.17, 15) is 13.6 Å². The van der Waals surface area contributed by atoms with E-state index in [1.54, 1.807) is 0 Å². The number of fused-ring (bicyclic) bond motifs is 3. The molecule has 0 radical (unpaired) electrons. The van der Waals surface area contributed by atoms with E-state index in [0.717, 1.165) is 31.7 Å². The van der Waals surface area contributed by atoms with E-state index in [-0.39, 0.29) is 17.2 Å². The predicted octanol–water partition coefficient (Wildman–Crippen LogP) is 2.06. The van der Waals surface area contributed by atoms with Gasteiger partial charge in [-0.25, -0.2) is 13.6 Å². The maximum atomic E-state index is 14.1. The van der Waals surface area contributed by atoms with E-state index >= 15 is 0 Å². The van der Waals surface area contributed by atoms with Crippen LogP contribution in [-0.4, -0.2) is 21.6 Å². The predicted molar refractivity (Wildman–Crippen MR) is 70.7 cm³/mol. The Kier molecular flexibility index (Phi) is 2.51. The molecule has 2 aliphatic heterocycles. The van der Waals surface area contributed by atoms with Crippen molar-refractivity contribution in [3.05, 3.63) is 34.3 Å². The first-order chi connectivity index (χ1) is 9.63. The van der Waals surface area contributed by atoms with E-state index < -0.39 is 11.6 Å². The topological polar surface area (TPSA) is 49.8 Å². The second-order valence-electron chi connectivity index (χ2n) is 5.82. The zero-order valence-electron chi connectivity index (χ0n) is 10.8. The highest BCUT2D eigenvalue weighted by atomic mass is 19.2. The maximum Gasteiger partial charge on any atom is 0.326 e. The lowest BCUT2D eigenvalue weighted by Gasteiger charge is -2.29. The first kappa shape index (κ1) is 12.1. The zero-order chi connectivity index (χ0) is 13.9. The number of benzene rings is 1. The zero-order valence-corrected chi connectivity index (χ0v) is 10.8. The van der Waals surface area contributed by atoms with Gasteiger partial charge < -0.3 is 10.3 Å². The van der Waals surface area contributed by atoms with E-state index in [1.165, 1.54) is 10.6 Å². The van der Waals surface area contributed by atoms with Crippen LogP contribution in [0.4, 0.5) is 8.78 Å². The summed E-state index contributed by atoms with van der Waals surface area (Å²) in [7, 11) is 0. The average Bonchev–Trinajstić information content (AvgIpc) is 2.94. The molecule has 2 aromatic rings. The summed E-state index contributed by atoms with van der Waals surface area (Å²) in [5.74, 6) is -1.85. The molecule has 1 aromatic heterocycles. The third-order valence-corrected chi connectivity index (χ3v) is 4.58. The Morgan fingerprint density at radius 1 is 1.15 bits per heavy atom. The summed E-state index contributed by atoms with van der Waals surface area (Å²) in [4.78, 5) is 14.8. The van der Waals surface area contributed by atoms with Crippen molar-refractivity contribution in [1.82, 2.24) is 14.9 Å². The number of aromatic amines is 1. The summed E-state index contributed by atoms with van der Waals surface area (Å²) in [6, 6.07) is 3.16. The number of imidazole rings is 1. The van der Waals surface area contributed by atoms with Gasteiger partial charge in [-0.15, -0.1) is 0 Å². The van der Waals surface area contributed by atoms with Gasteiger partial charge in [-0.2, -0.15) is 0 Å². The molecule has 20 heavy (non-hydrogen) atoms. The highest BCUT2D eigenvalue weighted by Crippen LogP contribution is 2.35. The van der Waals surface area contributed by atoms with Gasteiger partial charge in [0, 0.05) is 18.1 Å². The van der Waals surface area contributed by atoms with Crippen molar-refractivity contribution in [2.75, 3.05) is 0 Å². The Hall–Kier alpha value is -1.69. The molecule has 0 spiro atoms. The van der Waals surface area contributed by atoms with Crippen LogP contribution in [0, 0.1) is 11.6 Å². The summed E-state index contributed by atoms with van der Waals surface area (Å²) in [6.45, 7) is 0. The van der Waals surface area contributed by atoms with Gasteiger partial charge in [0.05, 0.1) is 5.52 Å². The van der Waals surface area contributed by atoms with Crippen molar-refractivity contribution >= 4 is 11.0 Å². The van der Waals surface area contributed by atoms with Crippen LogP contribution in [-0.2, 0) is 0 Å². The van der Waals surface area contributed by atoms with Crippen LogP contribution < -0.4 is 11.0 Å². The summed E-state index contributed by atoms with van der Waals surface area (Å²) in [5.41, 5.74) is 0.0804. The number of hydrogen-bond donors (Lipinski definition) is 2. The number of nitrogens with one attached hydrogen (secondary N) is 2. The number of hydrogen-bond acceptors (Lipinski definition) is 2. The lowest BCUT2D eigenvalue weighted by molar-refractivity contribution is 0.297. The number of halogens is 2. The molecule has 0 aliphatic carbocycles. The van der Waals surface area contributed by atoms with Crippen molar-refractivity contribution in [3.8, 4) is 0 Å². The van der Waals surface area contributed by atoms with Crippen molar-refractivity contribution in [2.45, 2.75) is 43.8 Å². The molecule has 2 saturated heterocycles. The molecule has 4 nitrogen and oxygen atoms in total. The fraction of sp³-hybridized carbons (Fsp3) is 0.500. The molecule has 2 aliphatic rings. The number of nitrogens with zero attached hydrogens (tertiary/aromatic N) is 1. The Morgan fingerprint density at radius 2 is 1.85 bits per heavy atom. The third kappa shape index (κ3) is 1.64. The van der Waals surface area contributed by atoms with Crippen molar-refractivity contribution in [1.29, 1.82) is 0 Å². The van der Waals surface area contributed by atoms with Crippen LogP contribution in [0.5, 0.6) is 0 Å². The number of aromatic nitrogens is 2. The minimum absolute atomic E-state index is 0.0636. The number of H-pyrrole nitrogens is 1. The van der Waals surface area contributed by atoms with Gasteiger partial charge in [0.1, 0.15) is 5.52 Å². The molecular formula is C14H15F2N3O. The standard InChI is InChI=1S/C14H15F2N3O/c15-10-3-4-11-13(12(10)16)19(14(20)18-11)9-5-7-1-2-8(6-9)17-7/h3-4,7-9,17H,1-2,5-6H2,(H,18,20). The van der Waals surface area contributed by atoms with Gasteiger partial charge >= 0.3 is 5.69 Å². The molecule has 2 unspecified atom stereocenters. The van der Waals surface area contributed by atoms with Gasteiger partial charge in [-0.1, -0.05) is 0 Å². The molecule has 4 rings (SSSR count). The quantitative estimate of drug-likeness (QED) is 0.839. The van der Waals surface area contributed by atoms with E-state index in [1.807, 2.05) is 0 Å². The number of piperidine rings is 1. The third-order valence-electron chi connectivity index (χ3n) is 4.58. The van der Waals surface area contributed by atoms with Crippen molar-refractivity contribution in [2.24, 2.45) is 0 Å². The molecular weight excluding hydrogens is 264 g/mol. The smallest absolute Gasteiger partial charge is 0.311 e. The second-order valence-corrected chi connectivity index (χ2v) is 5.82. The van der Waals surface area contributed by atoms with Crippen LogP contribution in [0.2, 0.25) is 0 Å². The van der Waals surface area contributed by atoms with Gasteiger partial charge in [-0.05, 0) is 37.8 Å². The largest absolute Gasteiger partial charge is 0.326 e. The molecule has 2 atom stereocenters. The molecule has 2 bridgehead atoms. The van der Waals surface area contributed by atoms with Crippen LogP contribution >= 0.6 is 0 Å². The summed E-state index contributed by atoms with van der Waals surface area (Å²) >= 11 is 0.